The average Bonchev–Trinajstić information content (AvgIpc) is 2.96. The number of nitrogens with two attached hydrogens (primary N) is 1. The molecule has 2 N–H and O–H groups in total. The predicted molar refractivity (Wildman–Crippen MR) is 76.7 cm³/mol. The molecule has 102 valence electrons. The van der Waals surface area contributed by atoms with Gasteiger partial charge in [-0.15, -0.1) is 0 Å². The largest absolute Gasteiger partial charge is 0.439 e. The lowest BCUT2D eigenvalue weighted by atomic mass is 10.0. The van der Waals surface area contributed by atoms with Gasteiger partial charge >= 0.3 is 0 Å². The summed E-state index contributed by atoms with van der Waals surface area (Å²) in [6.07, 6.45) is 3.92. The smallest absolute Gasteiger partial charge is 0.209 e. The summed E-state index contributed by atoms with van der Waals surface area (Å²) in [5.41, 5.74) is 8.16. The van der Waals surface area contributed by atoms with E-state index in [1.165, 1.54) is 25.8 Å². The van der Waals surface area contributed by atoms with Crippen molar-refractivity contribution in [2.45, 2.75) is 32.7 Å². The Morgan fingerprint density at radius 1 is 1.47 bits per heavy atom. The van der Waals surface area contributed by atoms with Crippen LogP contribution in [0.15, 0.2) is 22.6 Å². The van der Waals surface area contributed by atoms with Crippen molar-refractivity contribution in [1.29, 1.82) is 0 Å². The lowest BCUT2D eigenvalue weighted by Crippen LogP contribution is -2.20. The van der Waals surface area contributed by atoms with Crippen molar-refractivity contribution in [3.8, 4) is 0 Å². The third kappa shape index (κ3) is 2.73. The summed E-state index contributed by atoms with van der Waals surface area (Å²) in [6.45, 7) is 5.41. The zero-order valence-electron chi connectivity index (χ0n) is 11.4. The molecule has 2 heterocycles. The zero-order valence-corrected chi connectivity index (χ0v) is 11.4. The topological polar surface area (TPSA) is 55.3 Å². The van der Waals surface area contributed by atoms with Crippen molar-refractivity contribution in [2.75, 3.05) is 18.8 Å². The second-order valence-corrected chi connectivity index (χ2v) is 5.51. The third-order valence-corrected chi connectivity index (χ3v) is 3.88. The Morgan fingerprint density at radius 2 is 2.37 bits per heavy atom. The SMILES string of the molecule is CCCC1CCN(Cc2nc3ccc(N)cc3o2)C1. The van der Waals surface area contributed by atoms with Crippen molar-refractivity contribution >= 4 is 16.8 Å². The summed E-state index contributed by atoms with van der Waals surface area (Å²) < 4.78 is 5.77. The molecule has 3 rings (SSSR count). The fourth-order valence-electron chi connectivity index (χ4n) is 2.95. The van der Waals surface area contributed by atoms with Gasteiger partial charge in [-0.3, -0.25) is 4.90 Å². The van der Waals surface area contributed by atoms with E-state index in [4.69, 9.17) is 10.2 Å². The van der Waals surface area contributed by atoms with Gasteiger partial charge in [0, 0.05) is 18.3 Å². The Balaban J connectivity index is 1.68. The molecular formula is C15H21N3O. The van der Waals surface area contributed by atoms with Gasteiger partial charge in [0.15, 0.2) is 5.58 Å². The molecule has 1 unspecified atom stereocenters. The maximum Gasteiger partial charge on any atom is 0.209 e. The highest BCUT2D eigenvalue weighted by molar-refractivity contribution is 5.76. The Hall–Kier alpha value is -1.55. The molecule has 4 nitrogen and oxygen atoms in total. The van der Waals surface area contributed by atoms with Gasteiger partial charge in [0.1, 0.15) is 5.52 Å². The normalized spacial score (nSPS) is 20.4. The molecule has 0 amide bonds. The van der Waals surface area contributed by atoms with Crippen LogP contribution in [0.5, 0.6) is 0 Å². The summed E-state index contributed by atoms with van der Waals surface area (Å²) in [6, 6.07) is 5.62. The van der Waals surface area contributed by atoms with Gasteiger partial charge < -0.3 is 10.2 Å². The van der Waals surface area contributed by atoms with Crippen LogP contribution in [0.4, 0.5) is 5.69 Å². The summed E-state index contributed by atoms with van der Waals surface area (Å²) in [5, 5.41) is 0. The highest BCUT2D eigenvalue weighted by atomic mass is 16.3. The Bertz CT molecular complexity index is 564. The summed E-state index contributed by atoms with van der Waals surface area (Å²) in [4.78, 5) is 6.96. The third-order valence-electron chi connectivity index (χ3n) is 3.88. The zero-order chi connectivity index (χ0) is 13.2. The minimum absolute atomic E-state index is 0.722. The molecule has 0 bridgehead atoms. The number of fused-ring (bicyclic) bond motifs is 1. The quantitative estimate of drug-likeness (QED) is 0.857. The first kappa shape index (κ1) is 12.5. The number of aromatic nitrogens is 1. The predicted octanol–water partition coefficient (Wildman–Crippen LogP) is 3.03. The maximum absolute atomic E-state index is 5.77. The molecular weight excluding hydrogens is 238 g/mol. The number of rotatable bonds is 4. The summed E-state index contributed by atoms with van der Waals surface area (Å²) in [5.74, 6) is 1.66. The van der Waals surface area contributed by atoms with Crippen LogP contribution in [-0.4, -0.2) is 23.0 Å². The van der Waals surface area contributed by atoms with Crippen LogP contribution in [-0.2, 0) is 6.54 Å². The number of oxazole rings is 1. The lowest BCUT2D eigenvalue weighted by Gasteiger charge is -2.13. The molecule has 1 aliphatic rings. The van der Waals surface area contributed by atoms with E-state index >= 15 is 0 Å². The van der Waals surface area contributed by atoms with Crippen molar-refractivity contribution in [1.82, 2.24) is 9.88 Å². The molecule has 1 aromatic heterocycles. The van der Waals surface area contributed by atoms with Gasteiger partial charge in [0.25, 0.3) is 0 Å². The monoisotopic (exact) mass is 259 g/mol. The number of anilines is 1. The molecule has 0 aliphatic carbocycles. The standard InChI is InChI=1S/C15H21N3O/c1-2-3-11-6-7-18(9-11)10-15-17-13-5-4-12(16)8-14(13)19-15/h4-5,8,11H,2-3,6-7,9-10,16H2,1H3. The van der Waals surface area contributed by atoms with Gasteiger partial charge in [0.2, 0.25) is 5.89 Å². The molecule has 4 heteroatoms. The van der Waals surface area contributed by atoms with E-state index in [1.54, 1.807) is 0 Å². The van der Waals surface area contributed by atoms with Crippen molar-refractivity contribution < 1.29 is 4.42 Å². The van der Waals surface area contributed by atoms with E-state index < -0.39 is 0 Å². The van der Waals surface area contributed by atoms with Gasteiger partial charge in [-0.1, -0.05) is 13.3 Å². The van der Waals surface area contributed by atoms with E-state index in [0.717, 1.165) is 41.7 Å². The highest BCUT2D eigenvalue weighted by Gasteiger charge is 2.23. The van der Waals surface area contributed by atoms with Crippen LogP contribution in [0.25, 0.3) is 11.1 Å². The second-order valence-electron chi connectivity index (χ2n) is 5.51. The molecule has 2 aromatic rings. The average molecular weight is 259 g/mol. The first-order chi connectivity index (χ1) is 9.24. The molecule has 1 aliphatic heterocycles. The lowest BCUT2D eigenvalue weighted by molar-refractivity contribution is 0.282. The number of hydrogen-bond acceptors (Lipinski definition) is 4. The van der Waals surface area contributed by atoms with Crippen molar-refractivity contribution in [2.24, 2.45) is 5.92 Å². The number of nitrogen functional groups attached to an aromatic ring is 1. The molecule has 1 atom stereocenters. The molecule has 1 aromatic carbocycles. The summed E-state index contributed by atoms with van der Waals surface area (Å²) in [7, 11) is 0. The minimum atomic E-state index is 0.722. The minimum Gasteiger partial charge on any atom is -0.439 e. The second kappa shape index (κ2) is 5.21. The molecule has 0 radical (unpaired) electrons. The number of hydrogen-bond donors (Lipinski definition) is 1. The first-order valence-electron chi connectivity index (χ1n) is 7.12. The fraction of sp³-hybridized carbons (Fsp3) is 0.533. The molecule has 0 saturated carbocycles. The van der Waals surface area contributed by atoms with Gasteiger partial charge in [0.05, 0.1) is 6.54 Å². The van der Waals surface area contributed by atoms with Crippen LogP contribution in [0.3, 0.4) is 0 Å². The van der Waals surface area contributed by atoms with Gasteiger partial charge in [-0.25, -0.2) is 4.98 Å². The van der Waals surface area contributed by atoms with Crippen molar-refractivity contribution in [3.05, 3.63) is 24.1 Å². The van der Waals surface area contributed by atoms with Crippen LogP contribution in [0.2, 0.25) is 0 Å². The number of likely N-dealkylation sites (tertiary alicyclic amines) is 1. The summed E-state index contributed by atoms with van der Waals surface area (Å²) >= 11 is 0. The van der Waals surface area contributed by atoms with Crippen LogP contribution >= 0.6 is 0 Å². The Labute approximate surface area is 113 Å². The van der Waals surface area contributed by atoms with Gasteiger partial charge in [-0.05, 0) is 37.4 Å². The van der Waals surface area contributed by atoms with Gasteiger partial charge in [-0.2, -0.15) is 0 Å². The van der Waals surface area contributed by atoms with E-state index in [-0.39, 0.29) is 0 Å². The van der Waals surface area contributed by atoms with Crippen LogP contribution in [0, 0.1) is 5.92 Å². The van der Waals surface area contributed by atoms with Crippen LogP contribution < -0.4 is 5.73 Å². The number of nitrogens with zero attached hydrogens (tertiary/aromatic N) is 2. The van der Waals surface area contributed by atoms with Crippen LogP contribution in [0.1, 0.15) is 32.1 Å². The van der Waals surface area contributed by atoms with E-state index in [1.807, 2.05) is 18.2 Å². The van der Waals surface area contributed by atoms with E-state index in [0.29, 0.717) is 0 Å². The Morgan fingerprint density at radius 3 is 3.21 bits per heavy atom. The molecule has 1 fully saturated rings. The number of benzene rings is 1. The van der Waals surface area contributed by atoms with Crippen molar-refractivity contribution in [3.63, 3.8) is 0 Å². The fourth-order valence-corrected chi connectivity index (χ4v) is 2.95. The maximum atomic E-state index is 5.77. The molecule has 19 heavy (non-hydrogen) atoms. The Kier molecular flexibility index (Phi) is 3.42. The molecule has 0 spiro atoms. The van der Waals surface area contributed by atoms with E-state index in [9.17, 15) is 0 Å². The van der Waals surface area contributed by atoms with E-state index in [2.05, 4.69) is 16.8 Å². The first-order valence-corrected chi connectivity index (χ1v) is 7.12. The highest BCUT2D eigenvalue weighted by Crippen LogP contribution is 2.24. The molecule has 1 saturated heterocycles.